The number of carbonyl (C=O) groups is 1. The Hall–Kier alpha value is -3.13. The van der Waals surface area contributed by atoms with E-state index in [0.717, 1.165) is 11.1 Å². The number of pyridine rings is 1. The Bertz CT molecular complexity index is 1000. The Balaban J connectivity index is 2.06. The van der Waals surface area contributed by atoms with E-state index >= 15 is 0 Å². The SMILES string of the molecule is C[n+]1ccccc1C#Cc1nn(C(=O)OC(C)(C)C)c2ccccc12. The van der Waals surface area contributed by atoms with Crippen molar-refractivity contribution in [2.24, 2.45) is 7.05 Å². The first kappa shape index (κ1) is 16.7. The number of rotatable bonds is 0. The molecule has 3 rings (SSSR count). The second kappa shape index (κ2) is 6.40. The zero-order valence-corrected chi connectivity index (χ0v) is 14.8. The van der Waals surface area contributed by atoms with E-state index in [1.54, 1.807) is 0 Å². The fraction of sp³-hybridized carbons (Fsp3) is 0.250. The number of ether oxygens (including phenoxy) is 1. The molecule has 1 aromatic carbocycles. The third kappa shape index (κ3) is 3.69. The van der Waals surface area contributed by atoms with Gasteiger partial charge in [0, 0.05) is 23.4 Å². The Morgan fingerprint density at radius 1 is 1.12 bits per heavy atom. The number of carbonyl (C=O) groups excluding carboxylic acids is 1. The van der Waals surface area contributed by atoms with Gasteiger partial charge in [-0.3, -0.25) is 0 Å². The number of fused-ring (bicyclic) bond motifs is 1. The predicted molar refractivity (Wildman–Crippen MR) is 95.0 cm³/mol. The fourth-order valence-corrected chi connectivity index (χ4v) is 2.38. The summed E-state index contributed by atoms with van der Waals surface area (Å²) in [5.41, 5.74) is 1.50. The molecule has 0 unspecified atom stereocenters. The van der Waals surface area contributed by atoms with Crippen LogP contribution in [-0.4, -0.2) is 21.5 Å². The first-order valence-corrected chi connectivity index (χ1v) is 8.03. The van der Waals surface area contributed by atoms with E-state index in [1.165, 1.54) is 4.68 Å². The molecule has 2 heterocycles. The minimum atomic E-state index is -0.590. The standard InChI is InChI=1S/C20H20N3O2/c1-20(2,3)25-19(24)23-18-11-6-5-10-16(18)17(21-23)13-12-15-9-7-8-14-22(15)4/h5-11,14H,1-4H3/q+1. The maximum Gasteiger partial charge on any atom is 0.435 e. The second-order valence-electron chi connectivity index (χ2n) is 6.70. The molecule has 0 N–H and O–H groups in total. The van der Waals surface area contributed by atoms with Crippen LogP contribution in [0.2, 0.25) is 0 Å². The van der Waals surface area contributed by atoms with Crippen molar-refractivity contribution in [3.63, 3.8) is 0 Å². The normalized spacial score (nSPS) is 11.0. The first-order valence-electron chi connectivity index (χ1n) is 8.03. The van der Waals surface area contributed by atoms with Gasteiger partial charge in [-0.1, -0.05) is 12.1 Å². The highest BCUT2D eigenvalue weighted by Crippen LogP contribution is 2.19. The summed E-state index contributed by atoms with van der Waals surface area (Å²) in [5.74, 6) is 6.18. The Morgan fingerprint density at radius 3 is 2.56 bits per heavy atom. The van der Waals surface area contributed by atoms with Crippen molar-refractivity contribution in [3.05, 3.63) is 60.0 Å². The molecule has 0 saturated heterocycles. The average Bonchev–Trinajstić information content (AvgIpc) is 2.92. The Kier molecular flexibility index (Phi) is 4.28. The van der Waals surface area contributed by atoms with Crippen LogP contribution in [0.4, 0.5) is 4.79 Å². The molecule has 0 spiro atoms. The summed E-state index contributed by atoms with van der Waals surface area (Å²) >= 11 is 0. The fourth-order valence-electron chi connectivity index (χ4n) is 2.38. The molecule has 0 bridgehead atoms. The molecular formula is C20H20N3O2+. The molecule has 25 heavy (non-hydrogen) atoms. The van der Waals surface area contributed by atoms with E-state index in [4.69, 9.17) is 4.74 Å². The van der Waals surface area contributed by atoms with Gasteiger partial charge in [0.2, 0.25) is 0 Å². The lowest BCUT2D eigenvalue weighted by atomic mass is 10.2. The molecule has 5 heteroatoms. The lowest BCUT2D eigenvalue weighted by molar-refractivity contribution is -0.673. The van der Waals surface area contributed by atoms with Gasteiger partial charge < -0.3 is 4.74 Å². The molecular weight excluding hydrogens is 314 g/mol. The summed E-state index contributed by atoms with van der Waals surface area (Å²) in [4.78, 5) is 12.4. The Morgan fingerprint density at radius 2 is 1.84 bits per heavy atom. The van der Waals surface area contributed by atoms with Crippen molar-refractivity contribution >= 4 is 17.0 Å². The summed E-state index contributed by atoms with van der Waals surface area (Å²) in [6, 6.07) is 13.3. The summed E-state index contributed by atoms with van der Waals surface area (Å²) in [6.07, 6.45) is 1.42. The average molecular weight is 334 g/mol. The van der Waals surface area contributed by atoms with Crippen molar-refractivity contribution in [3.8, 4) is 11.8 Å². The number of hydrogen-bond donors (Lipinski definition) is 0. The van der Waals surface area contributed by atoms with Gasteiger partial charge in [0.25, 0.3) is 5.69 Å². The van der Waals surface area contributed by atoms with Crippen LogP contribution in [0.1, 0.15) is 32.2 Å². The van der Waals surface area contributed by atoms with Crippen LogP contribution in [0.3, 0.4) is 0 Å². The highest BCUT2D eigenvalue weighted by atomic mass is 16.6. The largest absolute Gasteiger partial charge is 0.442 e. The summed E-state index contributed by atoms with van der Waals surface area (Å²) in [7, 11) is 1.93. The van der Waals surface area contributed by atoms with Crippen LogP contribution in [0.5, 0.6) is 0 Å². The molecule has 0 saturated carbocycles. The van der Waals surface area contributed by atoms with Crippen molar-refractivity contribution in [1.29, 1.82) is 0 Å². The van der Waals surface area contributed by atoms with Gasteiger partial charge in [-0.2, -0.15) is 14.3 Å². The lowest BCUT2D eigenvalue weighted by Crippen LogP contribution is -2.31. The zero-order valence-electron chi connectivity index (χ0n) is 14.8. The summed E-state index contributed by atoms with van der Waals surface area (Å²) < 4.78 is 8.64. The third-order valence-corrected chi connectivity index (χ3v) is 3.52. The van der Waals surface area contributed by atoms with Gasteiger partial charge >= 0.3 is 6.09 Å². The zero-order chi connectivity index (χ0) is 18.0. The van der Waals surface area contributed by atoms with Crippen molar-refractivity contribution in [2.45, 2.75) is 26.4 Å². The first-order chi connectivity index (χ1) is 11.8. The van der Waals surface area contributed by atoms with Gasteiger partial charge in [0.15, 0.2) is 6.20 Å². The third-order valence-electron chi connectivity index (χ3n) is 3.52. The molecule has 2 aromatic heterocycles. The van der Waals surface area contributed by atoms with Crippen LogP contribution in [0.15, 0.2) is 48.7 Å². The van der Waals surface area contributed by atoms with Gasteiger partial charge in [0.05, 0.1) is 5.52 Å². The maximum absolute atomic E-state index is 12.4. The quantitative estimate of drug-likeness (QED) is 0.469. The van der Waals surface area contributed by atoms with E-state index in [2.05, 4.69) is 16.9 Å². The number of aryl methyl sites for hydroxylation is 1. The molecule has 0 fully saturated rings. The molecule has 0 radical (unpaired) electrons. The van der Waals surface area contributed by atoms with Crippen LogP contribution < -0.4 is 4.57 Å². The Labute approximate surface area is 146 Å². The smallest absolute Gasteiger partial charge is 0.435 e. The molecule has 5 nitrogen and oxygen atoms in total. The van der Waals surface area contributed by atoms with E-state index in [0.29, 0.717) is 11.2 Å². The minimum Gasteiger partial charge on any atom is -0.442 e. The molecule has 0 atom stereocenters. The molecule has 0 amide bonds. The monoisotopic (exact) mass is 334 g/mol. The van der Waals surface area contributed by atoms with E-state index < -0.39 is 11.7 Å². The molecule has 126 valence electrons. The number of hydrogen-bond acceptors (Lipinski definition) is 3. The molecule has 0 aliphatic rings. The summed E-state index contributed by atoms with van der Waals surface area (Å²) in [6.45, 7) is 5.48. The van der Waals surface area contributed by atoms with E-state index in [9.17, 15) is 4.79 Å². The number of para-hydroxylation sites is 1. The van der Waals surface area contributed by atoms with Crippen LogP contribution in [0.25, 0.3) is 10.9 Å². The second-order valence-corrected chi connectivity index (χ2v) is 6.70. The maximum atomic E-state index is 12.4. The van der Waals surface area contributed by atoms with E-state index in [1.807, 2.05) is 81.0 Å². The number of benzene rings is 1. The van der Waals surface area contributed by atoms with Crippen molar-refractivity contribution in [1.82, 2.24) is 9.78 Å². The van der Waals surface area contributed by atoms with Crippen LogP contribution in [-0.2, 0) is 11.8 Å². The van der Waals surface area contributed by atoms with Gasteiger partial charge in [-0.25, -0.2) is 4.79 Å². The minimum absolute atomic E-state index is 0.512. The van der Waals surface area contributed by atoms with Crippen LogP contribution >= 0.6 is 0 Å². The van der Waals surface area contributed by atoms with Gasteiger partial charge in [0.1, 0.15) is 18.3 Å². The van der Waals surface area contributed by atoms with Crippen molar-refractivity contribution in [2.75, 3.05) is 0 Å². The van der Waals surface area contributed by atoms with Crippen molar-refractivity contribution < 1.29 is 14.1 Å². The van der Waals surface area contributed by atoms with Crippen LogP contribution in [0, 0.1) is 11.8 Å². The number of aromatic nitrogens is 3. The predicted octanol–water partition coefficient (Wildman–Crippen LogP) is 3.04. The highest BCUT2D eigenvalue weighted by molar-refractivity contribution is 5.91. The van der Waals surface area contributed by atoms with E-state index in [-0.39, 0.29) is 0 Å². The number of nitrogens with zero attached hydrogens (tertiary/aromatic N) is 3. The lowest BCUT2D eigenvalue weighted by Gasteiger charge is -2.19. The van der Waals surface area contributed by atoms with Gasteiger partial charge in [-0.15, -0.1) is 0 Å². The van der Waals surface area contributed by atoms with Gasteiger partial charge in [-0.05, 0) is 44.9 Å². The highest BCUT2D eigenvalue weighted by Gasteiger charge is 2.21. The molecule has 0 aliphatic carbocycles. The molecule has 3 aromatic rings. The summed E-state index contributed by atoms with van der Waals surface area (Å²) in [5, 5.41) is 5.20. The molecule has 0 aliphatic heterocycles. The topological polar surface area (TPSA) is 48.0 Å².